The summed E-state index contributed by atoms with van der Waals surface area (Å²) in [5, 5.41) is 3.11. The van der Waals surface area contributed by atoms with Crippen LogP contribution in [0.5, 0.6) is 5.75 Å². The largest absolute Gasteiger partial charge is 0.489 e. The van der Waals surface area contributed by atoms with Crippen molar-refractivity contribution in [2.45, 2.75) is 6.92 Å². The van der Waals surface area contributed by atoms with Crippen LogP contribution in [0.1, 0.15) is 5.56 Å². The number of carbonyl (C=O) groups excluding carboxylic acids is 1. The number of hydrogen-bond acceptors (Lipinski definition) is 4. The fraction of sp³-hybridized carbons (Fsp3) is 0.211. The lowest BCUT2D eigenvalue weighted by molar-refractivity contribution is -0.114. The molecule has 0 spiro atoms. The highest BCUT2D eigenvalue weighted by Gasteiger charge is 2.23. The lowest BCUT2D eigenvalue weighted by Crippen LogP contribution is -2.37. The number of rotatable bonds is 8. The van der Waals surface area contributed by atoms with Crippen LogP contribution >= 0.6 is 11.6 Å². The van der Waals surface area contributed by atoms with E-state index in [4.69, 9.17) is 16.3 Å². The molecule has 0 aliphatic carbocycles. The van der Waals surface area contributed by atoms with Crippen molar-refractivity contribution in [1.82, 2.24) is 0 Å². The molecule has 2 aromatic rings. The minimum Gasteiger partial charge on any atom is -0.489 e. The van der Waals surface area contributed by atoms with Crippen LogP contribution in [0.2, 0.25) is 5.02 Å². The number of nitrogens with one attached hydrogen (secondary N) is 1. The summed E-state index contributed by atoms with van der Waals surface area (Å²) in [6, 6.07) is 11.7. The maximum Gasteiger partial charge on any atom is 0.245 e. The summed E-state index contributed by atoms with van der Waals surface area (Å²) in [4.78, 5) is 12.5. The Labute approximate surface area is 164 Å². The highest BCUT2D eigenvalue weighted by molar-refractivity contribution is 7.92. The van der Waals surface area contributed by atoms with E-state index in [1.165, 1.54) is 0 Å². The summed E-state index contributed by atoms with van der Waals surface area (Å²) >= 11 is 6.09. The smallest absolute Gasteiger partial charge is 0.245 e. The number of hydrogen-bond donors (Lipinski definition) is 1. The molecule has 27 heavy (non-hydrogen) atoms. The SMILES string of the molecule is C=CCOc1cccc(NC(=O)CN(c2cccc(Cl)c2C)S(C)(=O)=O)c1. The lowest BCUT2D eigenvalue weighted by Gasteiger charge is -2.24. The van der Waals surface area contributed by atoms with Crippen molar-refractivity contribution in [3.63, 3.8) is 0 Å². The number of nitrogens with zero attached hydrogens (tertiary/aromatic N) is 1. The van der Waals surface area contributed by atoms with Crippen molar-refractivity contribution < 1.29 is 17.9 Å². The van der Waals surface area contributed by atoms with Gasteiger partial charge < -0.3 is 10.1 Å². The van der Waals surface area contributed by atoms with E-state index in [0.29, 0.717) is 34.3 Å². The van der Waals surface area contributed by atoms with Crippen LogP contribution in [0.15, 0.2) is 55.1 Å². The van der Waals surface area contributed by atoms with Gasteiger partial charge in [-0.25, -0.2) is 8.42 Å². The number of anilines is 2. The Morgan fingerprint density at radius 2 is 2.00 bits per heavy atom. The molecule has 144 valence electrons. The number of carbonyl (C=O) groups is 1. The van der Waals surface area contributed by atoms with Gasteiger partial charge in [0.15, 0.2) is 0 Å². The molecule has 8 heteroatoms. The molecule has 6 nitrogen and oxygen atoms in total. The van der Waals surface area contributed by atoms with E-state index in [-0.39, 0.29) is 6.54 Å². The Morgan fingerprint density at radius 3 is 2.67 bits per heavy atom. The van der Waals surface area contributed by atoms with Gasteiger partial charge in [-0.15, -0.1) is 0 Å². The molecule has 0 saturated carbocycles. The van der Waals surface area contributed by atoms with E-state index in [1.54, 1.807) is 55.5 Å². The fourth-order valence-corrected chi connectivity index (χ4v) is 3.47. The van der Waals surface area contributed by atoms with Crippen LogP contribution in [0.25, 0.3) is 0 Å². The van der Waals surface area contributed by atoms with E-state index in [9.17, 15) is 13.2 Å². The maximum atomic E-state index is 12.5. The Kier molecular flexibility index (Phi) is 6.87. The predicted molar refractivity (Wildman–Crippen MR) is 109 cm³/mol. The number of benzene rings is 2. The normalized spacial score (nSPS) is 10.9. The molecule has 0 atom stereocenters. The van der Waals surface area contributed by atoms with E-state index < -0.39 is 15.9 Å². The predicted octanol–water partition coefficient (Wildman–Crippen LogP) is 3.62. The molecule has 0 heterocycles. The quantitative estimate of drug-likeness (QED) is 0.677. The fourth-order valence-electron chi connectivity index (χ4n) is 2.40. The monoisotopic (exact) mass is 408 g/mol. The lowest BCUT2D eigenvalue weighted by atomic mass is 10.2. The summed E-state index contributed by atoms with van der Waals surface area (Å²) < 4.78 is 30.9. The Balaban J connectivity index is 2.20. The molecule has 0 radical (unpaired) electrons. The highest BCUT2D eigenvalue weighted by atomic mass is 35.5. The summed E-state index contributed by atoms with van der Waals surface area (Å²) in [6.45, 7) is 5.24. The average Bonchev–Trinajstić information content (AvgIpc) is 2.60. The first-order valence-electron chi connectivity index (χ1n) is 8.09. The van der Waals surface area contributed by atoms with Gasteiger partial charge in [-0.3, -0.25) is 9.10 Å². The zero-order valence-electron chi connectivity index (χ0n) is 15.1. The average molecular weight is 409 g/mol. The van der Waals surface area contributed by atoms with Gasteiger partial charge in [0.25, 0.3) is 0 Å². The van der Waals surface area contributed by atoms with Crippen molar-refractivity contribution in [3.05, 3.63) is 65.7 Å². The number of halogens is 1. The molecule has 0 bridgehead atoms. The summed E-state index contributed by atoms with van der Waals surface area (Å²) in [6.07, 6.45) is 2.66. The van der Waals surface area contributed by atoms with Crippen molar-refractivity contribution in [1.29, 1.82) is 0 Å². The van der Waals surface area contributed by atoms with Gasteiger partial charge in [-0.1, -0.05) is 36.4 Å². The molecule has 2 aromatic carbocycles. The standard InChI is InChI=1S/C19H21ClN2O4S/c1-4-11-26-16-8-5-7-15(12-16)21-19(23)13-22(27(3,24)25)18-10-6-9-17(20)14(18)2/h4-10,12H,1,11,13H2,2-3H3,(H,21,23). The minimum atomic E-state index is -3.69. The van der Waals surface area contributed by atoms with Crippen LogP contribution < -0.4 is 14.4 Å². The summed E-state index contributed by atoms with van der Waals surface area (Å²) in [5.41, 5.74) is 1.44. The van der Waals surface area contributed by atoms with E-state index >= 15 is 0 Å². The van der Waals surface area contributed by atoms with Crippen molar-refractivity contribution in [2.75, 3.05) is 29.0 Å². The summed E-state index contributed by atoms with van der Waals surface area (Å²) in [7, 11) is -3.69. The first-order valence-corrected chi connectivity index (χ1v) is 10.3. The van der Waals surface area contributed by atoms with Crippen LogP contribution in [-0.4, -0.2) is 33.7 Å². The second-order valence-corrected chi connectivity index (χ2v) is 8.14. The Bertz CT molecular complexity index is 944. The van der Waals surface area contributed by atoms with Gasteiger partial charge in [-0.2, -0.15) is 0 Å². The molecular weight excluding hydrogens is 388 g/mol. The van der Waals surface area contributed by atoms with Gasteiger partial charge in [-0.05, 0) is 36.8 Å². The third-order valence-corrected chi connectivity index (χ3v) is 5.22. The van der Waals surface area contributed by atoms with Crippen LogP contribution in [0.3, 0.4) is 0 Å². The first-order chi connectivity index (χ1) is 12.7. The molecule has 1 amide bonds. The molecule has 0 aliphatic rings. The number of sulfonamides is 1. The Morgan fingerprint density at radius 1 is 1.30 bits per heavy atom. The van der Waals surface area contributed by atoms with Gasteiger partial charge in [0.2, 0.25) is 15.9 Å². The van der Waals surface area contributed by atoms with Crippen molar-refractivity contribution >= 4 is 38.9 Å². The summed E-state index contributed by atoms with van der Waals surface area (Å²) in [5.74, 6) is 0.0824. The molecule has 2 rings (SSSR count). The Hall–Kier alpha value is -2.51. The number of ether oxygens (including phenoxy) is 1. The third kappa shape index (κ3) is 5.74. The zero-order valence-corrected chi connectivity index (χ0v) is 16.7. The van der Waals surface area contributed by atoms with E-state index in [1.807, 2.05) is 0 Å². The van der Waals surface area contributed by atoms with E-state index in [2.05, 4.69) is 11.9 Å². The maximum absolute atomic E-state index is 12.5. The molecule has 0 unspecified atom stereocenters. The topological polar surface area (TPSA) is 75.7 Å². The van der Waals surface area contributed by atoms with Crippen molar-refractivity contribution in [3.8, 4) is 5.75 Å². The number of amides is 1. The van der Waals surface area contributed by atoms with Gasteiger partial charge in [0.05, 0.1) is 11.9 Å². The zero-order chi connectivity index (χ0) is 20.0. The minimum absolute atomic E-state index is 0.341. The molecule has 0 aliphatic heterocycles. The molecule has 0 fully saturated rings. The first kappa shape index (κ1) is 20.8. The van der Waals surface area contributed by atoms with Crippen LogP contribution in [0, 0.1) is 6.92 Å². The molecular formula is C19H21ClN2O4S. The second kappa shape index (κ2) is 8.92. The van der Waals surface area contributed by atoms with Crippen molar-refractivity contribution in [2.24, 2.45) is 0 Å². The van der Waals surface area contributed by atoms with Gasteiger partial charge in [0, 0.05) is 16.8 Å². The van der Waals surface area contributed by atoms with Crippen LogP contribution in [0.4, 0.5) is 11.4 Å². The van der Waals surface area contributed by atoms with Crippen LogP contribution in [-0.2, 0) is 14.8 Å². The van der Waals surface area contributed by atoms with E-state index in [0.717, 1.165) is 10.6 Å². The van der Waals surface area contributed by atoms with Gasteiger partial charge in [0.1, 0.15) is 18.9 Å². The highest BCUT2D eigenvalue weighted by Crippen LogP contribution is 2.28. The van der Waals surface area contributed by atoms with Gasteiger partial charge >= 0.3 is 0 Å². The molecule has 1 N–H and O–H groups in total. The second-order valence-electron chi connectivity index (χ2n) is 5.83. The molecule has 0 saturated heterocycles. The molecule has 0 aromatic heterocycles. The third-order valence-electron chi connectivity index (χ3n) is 3.68.